The summed E-state index contributed by atoms with van der Waals surface area (Å²) in [6.45, 7) is 1.37. The highest BCUT2D eigenvalue weighted by molar-refractivity contribution is 6.37. The molecule has 49 heavy (non-hydrogen) atoms. The van der Waals surface area contributed by atoms with Crippen LogP contribution in [-0.2, 0) is 6.61 Å². The Kier molecular flexibility index (Phi) is 8.31. The fourth-order valence-electron chi connectivity index (χ4n) is 7.07. The molecule has 0 spiro atoms. The van der Waals surface area contributed by atoms with Crippen LogP contribution in [0.1, 0.15) is 18.4 Å². The van der Waals surface area contributed by atoms with E-state index >= 15 is 0 Å². The highest BCUT2D eigenvalue weighted by Gasteiger charge is 2.43. The van der Waals surface area contributed by atoms with E-state index < -0.39 is 6.09 Å². The van der Waals surface area contributed by atoms with Crippen molar-refractivity contribution in [1.82, 2.24) is 14.9 Å². The van der Waals surface area contributed by atoms with E-state index in [0.29, 0.717) is 69.3 Å². The van der Waals surface area contributed by atoms with Gasteiger partial charge in [0.1, 0.15) is 29.7 Å². The number of carboxylic acid groups (broad SMARTS) is 1. The molecule has 246 valence electrons. The summed E-state index contributed by atoms with van der Waals surface area (Å²) in [5, 5.41) is 13.4. The molecule has 0 saturated carbocycles. The Hall–Kier alpha value is -4.76. The van der Waals surface area contributed by atoms with Crippen LogP contribution in [0.4, 0.5) is 10.6 Å². The van der Waals surface area contributed by atoms with Gasteiger partial charge in [-0.05, 0) is 83.4 Å². The lowest BCUT2D eigenvalue weighted by Gasteiger charge is -2.40. The molecule has 3 heterocycles. The van der Waals surface area contributed by atoms with E-state index in [1.54, 1.807) is 11.0 Å². The van der Waals surface area contributed by atoms with E-state index in [-0.39, 0.29) is 17.4 Å². The molecule has 0 aliphatic carbocycles. The van der Waals surface area contributed by atoms with Gasteiger partial charge < -0.3 is 19.5 Å². The summed E-state index contributed by atoms with van der Waals surface area (Å²) < 4.78 is 13.0. The fraction of sp³-hybridized carbons (Fsp3) is 0.184. The zero-order valence-corrected chi connectivity index (χ0v) is 28.3. The molecular formula is C38H29Cl3N4O4. The maximum Gasteiger partial charge on any atom is 0.407 e. The first-order chi connectivity index (χ1) is 23.8. The standard InChI is InChI=1S/C38H29Cl3N4O4/c39-30-10-4-5-12-33(30)49-34-18-29-32(42-37(41)43-36(29)44-19-24-13-14-25(20-44)45(24)38(46)47)17-27(34)28-16-26(48-21-22-7-2-1-3-8-22)15-23-9-6-11-31(40)35(23)28/h1-12,15-18,24-25H,13-14,19-21H2,(H,46,47)/t24-,25+. The average molecular weight is 712 g/mol. The van der Waals surface area contributed by atoms with Gasteiger partial charge in [0.15, 0.2) is 0 Å². The molecule has 1 N–H and O–H groups in total. The van der Waals surface area contributed by atoms with Crippen molar-refractivity contribution in [2.24, 2.45) is 0 Å². The van der Waals surface area contributed by atoms with Gasteiger partial charge in [0.2, 0.25) is 5.28 Å². The number of nitrogens with zero attached hydrogens (tertiary/aromatic N) is 4. The fourth-order valence-corrected chi connectivity index (χ4v) is 7.70. The second kappa shape index (κ2) is 12.9. The summed E-state index contributed by atoms with van der Waals surface area (Å²) in [5.74, 6) is 2.25. The highest BCUT2D eigenvalue weighted by atomic mass is 35.5. The molecule has 1 aromatic heterocycles. The summed E-state index contributed by atoms with van der Waals surface area (Å²) in [5.41, 5.74) is 3.12. The van der Waals surface area contributed by atoms with E-state index in [0.717, 1.165) is 34.7 Å². The van der Waals surface area contributed by atoms with Gasteiger partial charge in [0.05, 0.1) is 22.6 Å². The minimum Gasteiger partial charge on any atom is -0.489 e. The van der Waals surface area contributed by atoms with E-state index in [4.69, 9.17) is 44.3 Å². The van der Waals surface area contributed by atoms with Crippen LogP contribution in [0.5, 0.6) is 17.2 Å². The van der Waals surface area contributed by atoms with Crippen molar-refractivity contribution in [2.45, 2.75) is 31.5 Å². The molecule has 0 radical (unpaired) electrons. The maximum atomic E-state index is 12.0. The number of piperazine rings is 1. The van der Waals surface area contributed by atoms with Crippen LogP contribution in [0.2, 0.25) is 15.3 Å². The van der Waals surface area contributed by atoms with E-state index in [1.807, 2.05) is 91.0 Å². The average Bonchev–Trinajstić information content (AvgIpc) is 3.37. The number of carbonyl (C=O) groups is 1. The van der Waals surface area contributed by atoms with Crippen LogP contribution in [0.15, 0.2) is 97.1 Å². The third-order valence-corrected chi connectivity index (χ3v) is 10.0. The molecule has 2 bridgehead atoms. The molecule has 8 nitrogen and oxygen atoms in total. The molecule has 0 unspecified atom stereocenters. The lowest BCUT2D eigenvalue weighted by Crippen LogP contribution is -2.55. The molecule has 2 aliphatic heterocycles. The Balaban J connectivity index is 1.31. The Labute approximate surface area is 297 Å². The van der Waals surface area contributed by atoms with E-state index in [1.165, 1.54) is 0 Å². The predicted molar refractivity (Wildman–Crippen MR) is 194 cm³/mol. The van der Waals surface area contributed by atoms with Gasteiger partial charge >= 0.3 is 6.09 Å². The minimum absolute atomic E-state index is 0.0871. The second-order valence-corrected chi connectivity index (χ2v) is 13.4. The topological polar surface area (TPSA) is 88.0 Å². The lowest BCUT2D eigenvalue weighted by atomic mass is 9.95. The number of amides is 1. The highest BCUT2D eigenvalue weighted by Crippen LogP contribution is 2.46. The van der Waals surface area contributed by atoms with E-state index in [9.17, 15) is 9.90 Å². The SMILES string of the molecule is O=C(O)N1[C@@H]2CC[C@H]1CN(c1nc(Cl)nc3cc(-c4cc(OCc5ccccc5)cc5cccc(Cl)c45)c(Oc4ccccc4Cl)cc13)C2. The maximum absolute atomic E-state index is 12.0. The first-order valence-corrected chi connectivity index (χ1v) is 17.0. The van der Waals surface area contributed by atoms with Crippen molar-refractivity contribution in [2.75, 3.05) is 18.0 Å². The second-order valence-electron chi connectivity index (χ2n) is 12.3. The number of aromatic nitrogens is 2. The van der Waals surface area contributed by atoms with Crippen molar-refractivity contribution in [1.29, 1.82) is 0 Å². The van der Waals surface area contributed by atoms with Gasteiger partial charge in [-0.25, -0.2) is 9.78 Å². The number of halogens is 3. The van der Waals surface area contributed by atoms with Gasteiger partial charge in [-0.15, -0.1) is 0 Å². The molecule has 2 atom stereocenters. The smallest absolute Gasteiger partial charge is 0.407 e. The van der Waals surface area contributed by atoms with Crippen molar-refractivity contribution in [3.8, 4) is 28.4 Å². The molecular weight excluding hydrogens is 683 g/mol. The summed E-state index contributed by atoms with van der Waals surface area (Å²) in [4.78, 5) is 25.0. The lowest BCUT2D eigenvalue weighted by molar-refractivity contribution is 0.114. The Morgan fingerprint density at radius 2 is 1.53 bits per heavy atom. The molecule has 2 aliphatic rings. The quantitative estimate of drug-likeness (QED) is 0.165. The predicted octanol–water partition coefficient (Wildman–Crippen LogP) is 10.1. The van der Waals surface area contributed by atoms with Crippen LogP contribution in [-0.4, -0.2) is 51.2 Å². The van der Waals surface area contributed by atoms with Crippen molar-refractivity contribution < 1.29 is 19.4 Å². The third kappa shape index (κ3) is 6.05. The van der Waals surface area contributed by atoms with Crippen molar-refractivity contribution in [3.05, 3.63) is 118 Å². The molecule has 2 saturated heterocycles. The van der Waals surface area contributed by atoms with Crippen molar-refractivity contribution in [3.63, 3.8) is 0 Å². The summed E-state index contributed by atoms with van der Waals surface area (Å²) >= 11 is 20.1. The first kappa shape index (κ1) is 31.5. The summed E-state index contributed by atoms with van der Waals surface area (Å²) in [7, 11) is 0. The van der Waals surface area contributed by atoms with Gasteiger partial charge in [-0.1, -0.05) is 77.8 Å². The Morgan fingerprint density at radius 3 is 2.29 bits per heavy atom. The third-order valence-electron chi connectivity index (χ3n) is 9.25. The van der Waals surface area contributed by atoms with Gasteiger partial charge in [-0.2, -0.15) is 4.98 Å². The number of rotatable bonds is 7. The van der Waals surface area contributed by atoms with Gasteiger partial charge in [0.25, 0.3) is 0 Å². The Bertz CT molecular complexity index is 2220. The number of hydrogen-bond acceptors (Lipinski definition) is 6. The van der Waals surface area contributed by atoms with E-state index in [2.05, 4.69) is 14.9 Å². The molecule has 5 aromatic carbocycles. The van der Waals surface area contributed by atoms with Gasteiger partial charge in [-0.3, -0.25) is 4.90 Å². The first-order valence-electron chi connectivity index (χ1n) is 15.9. The number of benzene rings is 5. The number of anilines is 1. The minimum atomic E-state index is -0.890. The van der Waals surface area contributed by atoms with Crippen LogP contribution in [0, 0.1) is 0 Å². The summed E-state index contributed by atoms with van der Waals surface area (Å²) in [6, 6.07) is 30.5. The monoisotopic (exact) mass is 710 g/mol. The van der Waals surface area contributed by atoms with Crippen LogP contribution in [0.3, 0.4) is 0 Å². The molecule has 11 heteroatoms. The van der Waals surface area contributed by atoms with Gasteiger partial charge in [0, 0.05) is 34.4 Å². The van der Waals surface area contributed by atoms with Crippen LogP contribution < -0.4 is 14.4 Å². The summed E-state index contributed by atoms with van der Waals surface area (Å²) in [6.07, 6.45) is 0.705. The molecule has 2 fully saturated rings. The molecule has 1 amide bonds. The zero-order valence-electron chi connectivity index (χ0n) is 26.0. The van der Waals surface area contributed by atoms with Crippen molar-refractivity contribution >= 4 is 68.4 Å². The number of fused-ring (bicyclic) bond motifs is 4. The molecule has 6 aromatic rings. The van der Waals surface area contributed by atoms with Crippen LogP contribution >= 0.6 is 34.8 Å². The normalized spacial score (nSPS) is 17.1. The number of para-hydroxylation sites is 1. The van der Waals surface area contributed by atoms with Crippen LogP contribution in [0.25, 0.3) is 32.8 Å². The number of hydrogen-bond donors (Lipinski definition) is 1. The Morgan fingerprint density at radius 1 is 0.796 bits per heavy atom. The molecule has 8 rings (SSSR count). The zero-order chi connectivity index (χ0) is 33.6. The number of ether oxygens (including phenoxy) is 2. The largest absolute Gasteiger partial charge is 0.489 e.